The zero-order chi connectivity index (χ0) is 21.2. The van der Waals surface area contributed by atoms with Gasteiger partial charge in [0.15, 0.2) is 0 Å². The monoisotopic (exact) mass is 401 g/mol. The molecule has 0 aliphatic rings. The number of rotatable bonds is 9. The van der Waals surface area contributed by atoms with Crippen molar-refractivity contribution in [3.8, 4) is 0 Å². The van der Waals surface area contributed by atoms with E-state index in [1.165, 1.54) is 24.1 Å². The molecule has 2 aromatic rings. The van der Waals surface area contributed by atoms with Crippen LogP contribution in [0.4, 0.5) is 10.6 Å². The summed E-state index contributed by atoms with van der Waals surface area (Å²) < 4.78 is 6.13. The molecule has 10 heteroatoms. The summed E-state index contributed by atoms with van der Waals surface area (Å²) in [7, 11) is 0. The molecule has 0 aliphatic carbocycles. The number of carbonyl (C=O) groups excluding carboxylic acids is 3. The maximum Gasteiger partial charge on any atom is 0.413 e. The van der Waals surface area contributed by atoms with E-state index < -0.39 is 17.7 Å². The Balaban J connectivity index is 1.95. The van der Waals surface area contributed by atoms with Gasteiger partial charge in [-0.15, -0.1) is 0 Å². The second kappa shape index (κ2) is 10.7. The van der Waals surface area contributed by atoms with Gasteiger partial charge < -0.3 is 15.4 Å². The van der Waals surface area contributed by atoms with Crippen molar-refractivity contribution in [2.75, 3.05) is 25.0 Å². The number of carbonyl (C=O) groups is 3. The van der Waals surface area contributed by atoms with Gasteiger partial charge in [-0.25, -0.2) is 9.59 Å². The van der Waals surface area contributed by atoms with Gasteiger partial charge in [-0.2, -0.15) is 4.98 Å². The molecule has 29 heavy (non-hydrogen) atoms. The van der Waals surface area contributed by atoms with Crippen molar-refractivity contribution in [2.24, 2.45) is 5.73 Å². The average molecular weight is 401 g/mol. The number of nitrogens with one attached hydrogen (secondary N) is 1. The zero-order valence-electron chi connectivity index (χ0n) is 16.0. The molecule has 2 rings (SSSR count). The largest absolute Gasteiger partial charge is 0.444 e. The molecule has 0 atom stereocenters. The summed E-state index contributed by atoms with van der Waals surface area (Å²) in [5.74, 6) is -0.623. The van der Waals surface area contributed by atoms with Crippen molar-refractivity contribution in [1.82, 2.24) is 14.5 Å². The van der Waals surface area contributed by atoms with E-state index >= 15 is 0 Å². The van der Waals surface area contributed by atoms with Crippen LogP contribution in [0.15, 0.2) is 47.4 Å². The number of Topliss-reactive ketones (excluding diaryl/α,β-unsaturated/α-hetero) is 1. The van der Waals surface area contributed by atoms with Crippen molar-refractivity contribution in [1.29, 1.82) is 0 Å². The van der Waals surface area contributed by atoms with Gasteiger partial charge in [0.25, 0.3) is 0 Å². The van der Waals surface area contributed by atoms with Crippen LogP contribution in [0.5, 0.6) is 0 Å². The average Bonchev–Trinajstić information content (AvgIpc) is 2.68. The quantitative estimate of drug-likeness (QED) is 0.619. The summed E-state index contributed by atoms with van der Waals surface area (Å²) in [6.07, 6.45) is 0.569. The highest BCUT2D eigenvalue weighted by molar-refractivity contribution is 5.84. The molecule has 2 amide bonds. The number of amides is 2. The Bertz CT molecular complexity index is 913. The fourth-order valence-corrected chi connectivity index (χ4v) is 2.44. The Morgan fingerprint density at radius 2 is 1.93 bits per heavy atom. The van der Waals surface area contributed by atoms with Crippen LogP contribution in [0.25, 0.3) is 0 Å². The Morgan fingerprint density at radius 3 is 2.55 bits per heavy atom. The molecule has 0 radical (unpaired) electrons. The van der Waals surface area contributed by atoms with Crippen LogP contribution >= 0.6 is 0 Å². The molecule has 3 N–H and O–H groups in total. The third-order valence-electron chi connectivity index (χ3n) is 3.79. The van der Waals surface area contributed by atoms with E-state index in [4.69, 9.17) is 10.5 Å². The first-order chi connectivity index (χ1) is 13.9. The normalized spacial score (nSPS) is 10.3. The van der Waals surface area contributed by atoms with E-state index in [2.05, 4.69) is 10.3 Å². The predicted octanol–water partition coefficient (Wildman–Crippen LogP) is 0.368. The van der Waals surface area contributed by atoms with E-state index in [1.807, 2.05) is 30.3 Å². The van der Waals surface area contributed by atoms with Gasteiger partial charge >= 0.3 is 11.8 Å². The molecule has 1 aromatic carbocycles. The standard InChI is InChI=1S/C19H23N5O5/c1-14(25)11-23(10-8-20)17(26)12-24-9-7-16(21-18(24)27)22-19(28)29-13-15-5-3-2-4-6-15/h2-7,9H,8,10-13,20H2,1H3,(H,21,22,27,28). The Kier molecular flexibility index (Phi) is 8.04. The van der Waals surface area contributed by atoms with E-state index in [0.29, 0.717) is 0 Å². The van der Waals surface area contributed by atoms with Crippen LogP contribution in [-0.4, -0.2) is 51.9 Å². The molecule has 0 saturated carbocycles. The van der Waals surface area contributed by atoms with E-state index in [1.54, 1.807) is 0 Å². The highest BCUT2D eigenvalue weighted by Gasteiger charge is 2.16. The number of aromatic nitrogens is 2. The molecule has 0 saturated heterocycles. The number of nitrogens with zero attached hydrogens (tertiary/aromatic N) is 3. The lowest BCUT2D eigenvalue weighted by Gasteiger charge is -2.20. The number of nitrogens with two attached hydrogens (primary N) is 1. The van der Waals surface area contributed by atoms with Gasteiger partial charge in [-0.05, 0) is 18.6 Å². The minimum Gasteiger partial charge on any atom is -0.444 e. The first kappa shape index (κ1) is 21.8. The van der Waals surface area contributed by atoms with Crippen molar-refractivity contribution < 1.29 is 19.1 Å². The third kappa shape index (κ3) is 7.18. The maximum absolute atomic E-state index is 12.3. The molecule has 0 bridgehead atoms. The van der Waals surface area contributed by atoms with Gasteiger partial charge in [-0.3, -0.25) is 19.5 Å². The van der Waals surface area contributed by atoms with E-state index in [9.17, 15) is 19.2 Å². The van der Waals surface area contributed by atoms with Gasteiger partial charge in [0, 0.05) is 19.3 Å². The summed E-state index contributed by atoms with van der Waals surface area (Å²) in [5, 5.41) is 2.36. The smallest absolute Gasteiger partial charge is 0.413 e. The lowest BCUT2D eigenvalue weighted by Crippen LogP contribution is -2.42. The van der Waals surface area contributed by atoms with Crippen LogP contribution in [0.1, 0.15) is 12.5 Å². The Morgan fingerprint density at radius 1 is 1.21 bits per heavy atom. The lowest BCUT2D eigenvalue weighted by molar-refractivity contribution is -0.135. The summed E-state index contributed by atoms with van der Waals surface area (Å²) in [6.45, 7) is 1.46. The van der Waals surface area contributed by atoms with Crippen molar-refractivity contribution in [2.45, 2.75) is 20.1 Å². The minimum atomic E-state index is -0.759. The molecule has 1 heterocycles. The van der Waals surface area contributed by atoms with Crippen LogP contribution < -0.4 is 16.7 Å². The molecule has 0 aliphatic heterocycles. The second-order valence-corrected chi connectivity index (χ2v) is 6.22. The summed E-state index contributed by atoms with van der Waals surface area (Å²) in [6, 6.07) is 10.5. The fourth-order valence-electron chi connectivity index (χ4n) is 2.44. The van der Waals surface area contributed by atoms with Crippen LogP contribution in [0.2, 0.25) is 0 Å². The molecular formula is C19H23N5O5. The predicted molar refractivity (Wildman–Crippen MR) is 105 cm³/mol. The Hall–Kier alpha value is -3.53. The van der Waals surface area contributed by atoms with E-state index in [-0.39, 0.29) is 44.4 Å². The number of ketones is 1. The summed E-state index contributed by atoms with van der Waals surface area (Å²) in [5.41, 5.74) is 5.55. The van der Waals surface area contributed by atoms with Crippen LogP contribution in [-0.2, 0) is 27.5 Å². The van der Waals surface area contributed by atoms with E-state index in [0.717, 1.165) is 10.1 Å². The van der Waals surface area contributed by atoms with Crippen molar-refractivity contribution >= 4 is 23.6 Å². The summed E-state index contributed by atoms with van der Waals surface area (Å²) in [4.78, 5) is 52.6. The number of ether oxygens (including phenoxy) is 1. The highest BCUT2D eigenvalue weighted by atomic mass is 16.5. The molecule has 154 valence electrons. The number of hydrogen-bond donors (Lipinski definition) is 2. The zero-order valence-corrected chi connectivity index (χ0v) is 16.0. The maximum atomic E-state index is 12.3. The second-order valence-electron chi connectivity index (χ2n) is 6.22. The topological polar surface area (TPSA) is 137 Å². The number of hydrogen-bond acceptors (Lipinski definition) is 7. The molecule has 0 spiro atoms. The molecular weight excluding hydrogens is 378 g/mol. The molecule has 10 nitrogen and oxygen atoms in total. The van der Waals surface area contributed by atoms with Gasteiger partial charge in [0.1, 0.15) is 24.8 Å². The molecule has 0 fully saturated rings. The van der Waals surface area contributed by atoms with Gasteiger partial charge in [0.05, 0.1) is 6.54 Å². The van der Waals surface area contributed by atoms with Crippen molar-refractivity contribution in [3.05, 3.63) is 58.6 Å². The first-order valence-electron chi connectivity index (χ1n) is 8.91. The third-order valence-corrected chi connectivity index (χ3v) is 3.79. The lowest BCUT2D eigenvalue weighted by atomic mass is 10.2. The van der Waals surface area contributed by atoms with Crippen LogP contribution in [0, 0.1) is 0 Å². The van der Waals surface area contributed by atoms with Crippen molar-refractivity contribution in [3.63, 3.8) is 0 Å². The van der Waals surface area contributed by atoms with Crippen LogP contribution in [0.3, 0.4) is 0 Å². The fraction of sp³-hybridized carbons (Fsp3) is 0.316. The number of anilines is 1. The van der Waals surface area contributed by atoms with Gasteiger partial charge in [0.2, 0.25) is 5.91 Å². The summed E-state index contributed by atoms with van der Waals surface area (Å²) >= 11 is 0. The Labute approximate surface area is 167 Å². The highest BCUT2D eigenvalue weighted by Crippen LogP contribution is 2.04. The SMILES string of the molecule is CC(=O)CN(CCN)C(=O)Cn1ccc(NC(=O)OCc2ccccc2)nc1=O. The molecule has 0 unspecified atom stereocenters. The van der Waals surface area contributed by atoms with Gasteiger partial charge in [-0.1, -0.05) is 30.3 Å². The molecule has 1 aromatic heterocycles. The first-order valence-corrected chi connectivity index (χ1v) is 8.91. The number of benzene rings is 1. The minimum absolute atomic E-state index is 0.000638.